The van der Waals surface area contributed by atoms with Crippen molar-refractivity contribution in [2.24, 2.45) is 7.05 Å². The van der Waals surface area contributed by atoms with Crippen LogP contribution in [0.4, 0.5) is 10.1 Å². The van der Waals surface area contributed by atoms with Gasteiger partial charge in [0.15, 0.2) is 0 Å². The van der Waals surface area contributed by atoms with Gasteiger partial charge in [0.25, 0.3) is 0 Å². The van der Waals surface area contributed by atoms with Gasteiger partial charge in [-0.15, -0.1) is 0 Å². The molecule has 2 amide bonds. The fourth-order valence-electron chi connectivity index (χ4n) is 2.31. The van der Waals surface area contributed by atoms with Gasteiger partial charge in [-0.2, -0.15) is 5.10 Å². The van der Waals surface area contributed by atoms with Gasteiger partial charge in [0, 0.05) is 13.5 Å². The van der Waals surface area contributed by atoms with E-state index < -0.39 is 0 Å². The first-order chi connectivity index (χ1) is 11.4. The molecule has 0 aliphatic heterocycles. The number of rotatable bonds is 6. The zero-order chi connectivity index (χ0) is 17.7. The molecule has 2 aromatic rings. The van der Waals surface area contributed by atoms with Crippen molar-refractivity contribution in [1.29, 1.82) is 0 Å². The number of carbonyl (C=O) groups is 2. The van der Waals surface area contributed by atoms with Crippen molar-refractivity contribution in [2.45, 2.75) is 26.7 Å². The molecular weight excluding hydrogens is 311 g/mol. The number of aromatic nitrogens is 2. The largest absolute Gasteiger partial charge is 0.347 e. The molecule has 1 heterocycles. The summed E-state index contributed by atoms with van der Waals surface area (Å²) in [5, 5.41) is 9.55. The monoisotopic (exact) mass is 332 g/mol. The zero-order valence-corrected chi connectivity index (χ0v) is 14.0. The van der Waals surface area contributed by atoms with Crippen LogP contribution < -0.4 is 10.6 Å². The van der Waals surface area contributed by atoms with Crippen LogP contribution in [0.2, 0.25) is 0 Å². The van der Waals surface area contributed by atoms with Gasteiger partial charge >= 0.3 is 0 Å². The van der Waals surface area contributed by atoms with E-state index >= 15 is 0 Å². The second kappa shape index (κ2) is 7.72. The molecule has 0 saturated heterocycles. The number of hydrogen-bond donors (Lipinski definition) is 2. The minimum atomic E-state index is -0.305. The molecule has 0 aliphatic rings. The van der Waals surface area contributed by atoms with Gasteiger partial charge in [0.2, 0.25) is 11.8 Å². The standard InChI is InChI=1S/C17H21FN4O2/c1-11-17(12(2)22(3)21-11)20-16(24)10-19-15(23)9-6-13-4-7-14(18)8-5-13/h4-5,7-8H,6,9-10H2,1-3H3,(H,19,23)(H,20,24). The third-order valence-corrected chi connectivity index (χ3v) is 3.77. The number of benzene rings is 1. The second-order valence-electron chi connectivity index (χ2n) is 5.62. The Morgan fingerprint density at radius 1 is 1.17 bits per heavy atom. The highest BCUT2D eigenvalue weighted by Gasteiger charge is 2.13. The summed E-state index contributed by atoms with van der Waals surface area (Å²) in [5.74, 6) is -0.834. The predicted molar refractivity (Wildman–Crippen MR) is 89.0 cm³/mol. The molecule has 7 heteroatoms. The molecule has 6 nitrogen and oxygen atoms in total. The van der Waals surface area contributed by atoms with Crippen LogP contribution >= 0.6 is 0 Å². The first kappa shape index (κ1) is 17.7. The number of amides is 2. The van der Waals surface area contributed by atoms with Crippen LogP contribution in [-0.2, 0) is 23.1 Å². The fraction of sp³-hybridized carbons (Fsp3) is 0.353. The maximum absolute atomic E-state index is 12.8. The SMILES string of the molecule is Cc1nn(C)c(C)c1NC(=O)CNC(=O)CCc1ccc(F)cc1. The maximum atomic E-state index is 12.8. The van der Waals surface area contributed by atoms with Crippen molar-refractivity contribution in [1.82, 2.24) is 15.1 Å². The van der Waals surface area contributed by atoms with Crippen LogP contribution in [0.1, 0.15) is 23.4 Å². The van der Waals surface area contributed by atoms with Gasteiger partial charge in [0.1, 0.15) is 5.82 Å². The van der Waals surface area contributed by atoms with Gasteiger partial charge < -0.3 is 10.6 Å². The highest BCUT2D eigenvalue weighted by molar-refractivity contribution is 5.95. The molecule has 0 saturated carbocycles. The summed E-state index contributed by atoms with van der Waals surface area (Å²) in [6.07, 6.45) is 0.735. The van der Waals surface area contributed by atoms with Crippen molar-refractivity contribution in [2.75, 3.05) is 11.9 Å². The molecule has 1 aromatic carbocycles. The van der Waals surface area contributed by atoms with Crippen molar-refractivity contribution in [3.05, 3.63) is 47.0 Å². The Hall–Kier alpha value is -2.70. The summed E-state index contributed by atoms with van der Waals surface area (Å²) in [5.41, 5.74) is 3.12. The van der Waals surface area contributed by atoms with E-state index in [1.807, 2.05) is 13.8 Å². The van der Waals surface area contributed by atoms with E-state index in [1.54, 1.807) is 23.9 Å². The number of nitrogens with one attached hydrogen (secondary N) is 2. The van der Waals surface area contributed by atoms with Crippen molar-refractivity contribution in [3.8, 4) is 0 Å². The molecule has 2 rings (SSSR count). The molecule has 0 aliphatic carbocycles. The maximum Gasteiger partial charge on any atom is 0.243 e. The smallest absolute Gasteiger partial charge is 0.243 e. The van der Waals surface area contributed by atoms with Crippen molar-refractivity contribution in [3.63, 3.8) is 0 Å². The van der Waals surface area contributed by atoms with Crippen LogP contribution in [0, 0.1) is 19.7 Å². The molecule has 0 unspecified atom stereocenters. The normalized spacial score (nSPS) is 10.5. The minimum Gasteiger partial charge on any atom is -0.347 e. The van der Waals surface area contributed by atoms with Crippen LogP contribution in [0.5, 0.6) is 0 Å². The summed E-state index contributed by atoms with van der Waals surface area (Å²) in [6.45, 7) is 3.57. The van der Waals surface area contributed by atoms with Gasteiger partial charge in [-0.25, -0.2) is 4.39 Å². The van der Waals surface area contributed by atoms with Crippen molar-refractivity contribution < 1.29 is 14.0 Å². The average Bonchev–Trinajstić information content (AvgIpc) is 2.78. The second-order valence-corrected chi connectivity index (χ2v) is 5.62. The quantitative estimate of drug-likeness (QED) is 0.848. The number of aryl methyl sites for hydroxylation is 3. The highest BCUT2D eigenvalue weighted by Crippen LogP contribution is 2.17. The molecular formula is C17H21FN4O2. The number of nitrogens with zero attached hydrogens (tertiary/aromatic N) is 2. The number of halogens is 1. The summed E-state index contributed by atoms with van der Waals surface area (Å²) in [6, 6.07) is 6.01. The fourth-order valence-corrected chi connectivity index (χ4v) is 2.31. The number of anilines is 1. The number of carbonyl (C=O) groups excluding carboxylic acids is 2. The molecule has 24 heavy (non-hydrogen) atoms. The van der Waals surface area contributed by atoms with Gasteiger partial charge in [0.05, 0.1) is 23.6 Å². The topological polar surface area (TPSA) is 76.0 Å². The molecule has 128 valence electrons. The number of hydrogen-bond acceptors (Lipinski definition) is 3. The molecule has 0 atom stereocenters. The Morgan fingerprint density at radius 2 is 1.83 bits per heavy atom. The Kier molecular flexibility index (Phi) is 5.68. The lowest BCUT2D eigenvalue weighted by atomic mass is 10.1. The average molecular weight is 332 g/mol. The lowest BCUT2D eigenvalue weighted by molar-refractivity contribution is -0.124. The van der Waals surface area contributed by atoms with Crippen LogP contribution in [0.3, 0.4) is 0 Å². The zero-order valence-electron chi connectivity index (χ0n) is 14.0. The predicted octanol–water partition coefficient (Wildman–Crippen LogP) is 1.86. The van der Waals surface area contributed by atoms with E-state index in [0.29, 0.717) is 12.1 Å². The Morgan fingerprint density at radius 3 is 2.42 bits per heavy atom. The third-order valence-electron chi connectivity index (χ3n) is 3.77. The van der Waals surface area contributed by atoms with Gasteiger partial charge in [-0.3, -0.25) is 14.3 Å². The van der Waals surface area contributed by atoms with Crippen molar-refractivity contribution >= 4 is 17.5 Å². The first-order valence-electron chi connectivity index (χ1n) is 7.68. The summed E-state index contributed by atoms with van der Waals surface area (Å²) >= 11 is 0. The van der Waals surface area contributed by atoms with E-state index in [4.69, 9.17) is 0 Å². The van der Waals surface area contributed by atoms with Gasteiger partial charge in [-0.1, -0.05) is 12.1 Å². The Labute approximate surface area is 140 Å². The summed E-state index contributed by atoms with van der Waals surface area (Å²) in [4.78, 5) is 23.7. The molecule has 0 spiro atoms. The molecule has 1 aromatic heterocycles. The third kappa shape index (κ3) is 4.65. The molecule has 0 bridgehead atoms. The van der Waals surface area contributed by atoms with Crippen LogP contribution in [0.15, 0.2) is 24.3 Å². The summed E-state index contributed by atoms with van der Waals surface area (Å²) < 4.78 is 14.5. The van der Waals surface area contributed by atoms with Crippen LogP contribution in [-0.4, -0.2) is 28.1 Å². The lowest BCUT2D eigenvalue weighted by Crippen LogP contribution is -2.33. The van der Waals surface area contributed by atoms with E-state index in [9.17, 15) is 14.0 Å². The molecule has 2 N–H and O–H groups in total. The lowest BCUT2D eigenvalue weighted by Gasteiger charge is -2.07. The first-order valence-corrected chi connectivity index (χ1v) is 7.68. The minimum absolute atomic E-state index is 0.101. The van der Waals surface area contributed by atoms with E-state index in [-0.39, 0.29) is 30.6 Å². The van der Waals surface area contributed by atoms with E-state index in [0.717, 1.165) is 17.0 Å². The molecule has 0 radical (unpaired) electrons. The Balaban J connectivity index is 1.76. The van der Waals surface area contributed by atoms with Gasteiger partial charge in [-0.05, 0) is 38.0 Å². The Bertz CT molecular complexity index is 738. The van der Waals surface area contributed by atoms with Crippen LogP contribution in [0.25, 0.3) is 0 Å². The van der Waals surface area contributed by atoms with E-state index in [2.05, 4.69) is 15.7 Å². The molecule has 0 fully saturated rings. The summed E-state index contributed by atoms with van der Waals surface area (Å²) in [7, 11) is 1.80. The van der Waals surface area contributed by atoms with E-state index in [1.165, 1.54) is 12.1 Å². The highest BCUT2D eigenvalue weighted by atomic mass is 19.1.